The van der Waals surface area contributed by atoms with Crippen LogP contribution in [0, 0.1) is 5.92 Å². The van der Waals surface area contributed by atoms with Crippen LogP contribution in [0.5, 0.6) is 0 Å². The standard InChI is InChI=1S/C29H31Cl3N2O2/c1-20(2)18-33-29(36)27(17-21-8-4-3-5-9-21)34(19-22-12-14-25(31)26(32)16-22)28(35)15-13-23-10-6-7-11-24(23)30/h3-12,14,16,20,27H,13,15,17-19H2,1-2H3,(H,33,36)/t27-/m1/s1. The predicted octanol–water partition coefficient (Wildman–Crippen LogP) is 6.99. The minimum atomic E-state index is -0.695. The van der Waals surface area contributed by atoms with E-state index in [1.807, 2.05) is 74.5 Å². The fourth-order valence-electron chi connectivity index (χ4n) is 3.90. The van der Waals surface area contributed by atoms with Crippen molar-refractivity contribution in [1.82, 2.24) is 10.2 Å². The van der Waals surface area contributed by atoms with Crippen LogP contribution in [-0.2, 0) is 29.0 Å². The molecule has 4 nitrogen and oxygen atoms in total. The molecule has 0 aliphatic heterocycles. The van der Waals surface area contributed by atoms with Gasteiger partial charge in [-0.05, 0) is 47.2 Å². The topological polar surface area (TPSA) is 49.4 Å². The van der Waals surface area contributed by atoms with Gasteiger partial charge in [0.15, 0.2) is 0 Å². The minimum Gasteiger partial charge on any atom is -0.354 e. The van der Waals surface area contributed by atoms with Gasteiger partial charge < -0.3 is 10.2 Å². The Hall–Kier alpha value is -2.53. The van der Waals surface area contributed by atoms with Gasteiger partial charge in [-0.2, -0.15) is 0 Å². The summed E-state index contributed by atoms with van der Waals surface area (Å²) in [4.78, 5) is 28.8. The SMILES string of the molecule is CC(C)CNC(=O)[C@@H](Cc1ccccc1)N(Cc1ccc(Cl)c(Cl)c1)C(=O)CCc1ccccc1Cl. The lowest BCUT2D eigenvalue weighted by molar-refractivity contribution is -0.141. The van der Waals surface area contributed by atoms with Crippen molar-refractivity contribution in [2.24, 2.45) is 5.92 Å². The summed E-state index contributed by atoms with van der Waals surface area (Å²) in [6.45, 7) is 4.83. The average molecular weight is 546 g/mol. The number of hydrogen-bond donors (Lipinski definition) is 1. The van der Waals surface area contributed by atoms with Gasteiger partial charge in [0.2, 0.25) is 11.8 Å². The molecule has 190 valence electrons. The summed E-state index contributed by atoms with van der Waals surface area (Å²) in [5.74, 6) is -0.0360. The van der Waals surface area contributed by atoms with E-state index < -0.39 is 6.04 Å². The van der Waals surface area contributed by atoms with Gasteiger partial charge in [-0.15, -0.1) is 0 Å². The second-order valence-corrected chi connectivity index (χ2v) is 10.4. The lowest BCUT2D eigenvalue weighted by atomic mass is 10.0. The summed E-state index contributed by atoms with van der Waals surface area (Å²) >= 11 is 18.7. The molecule has 0 bridgehead atoms. The smallest absolute Gasteiger partial charge is 0.243 e. The highest BCUT2D eigenvalue weighted by atomic mass is 35.5. The molecular weight excluding hydrogens is 515 g/mol. The Kier molecular flexibility index (Phi) is 10.7. The molecule has 1 atom stereocenters. The number of nitrogens with zero attached hydrogens (tertiary/aromatic N) is 1. The third-order valence-corrected chi connectivity index (χ3v) is 6.97. The van der Waals surface area contributed by atoms with Gasteiger partial charge >= 0.3 is 0 Å². The molecule has 0 saturated carbocycles. The van der Waals surface area contributed by atoms with Gasteiger partial charge in [-0.3, -0.25) is 9.59 Å². The van der Waals surface area contributed by atoms with Crippen molar-refractivity contribution in [3.8, 4) is 0 Å². The normalized spacial score (nSPS) is 11.8. The van der Waals surface area contributed by atoms with E-state index in [-0.39, 0.29) is 30.7 Å². The van der Waals surface area contributed by atoms with Gasteiger partial charge in [0.1, 0.15) is 6.04 Å². The number of aryl methyl sites for hydroxylation is 1. The third kappa shape index (κ3) is 8.26. The van der Waals surface area contributed by atoms with Crippen LogP contribution >= 0.6 is 34.8 Å². The summed E-state index contributed by atoms with van der Waals surface area (Å²) in [6.07, 6.45) is 1.08. The van der Waals surface area contributed by atoms with Crippen molar-refractivity contribution in [3.63, 3.8) is 0 Å². The maximum absolute atomic E-state index is 13.7. The maximum Gasteiger partial charge on any atom is 0.243 e. The second-order valence-electron chi connectivity index (χ2n) is 9.21. The number of hydrogen-bond acceptors (Lipinski definition) is 2. The highest BCUT2D eigenvalue weighted by molar-refractivity contribution is 6.42. The molecule has 0 spiro atoms. The Morgan fingerprint density at radius 1 is 0.833 bits per heavy atom. The fourth-order valence-corrected chi connectivity index (χ4v) is 4.45. The van der Waals surface area contributed by atoms with Crippen molar-refractivity contribution in [2.45, 2.75) is 45.7 Å². The number of nitrogens with one attached hydrogen (secondary N) is 1. The van der Waals surface area contributed by atoms with E-state index >= 15 is 0 Å². The van der Waals surface area contributed by atoms with Crippen LogP contribution in [0.2, 0.25) is 15.1 Å². The first kappa shape index (κ1) is 28.0. The molecule has 3 aromatic rings. The quantitative estimate of drug-likeness (QED) is 0.282. The molecule has 3 rings (SSSR count). The van der Waals surface area contributed by atoms with Gasteiger partial charge in [-0.1, -0.05) is 103 Å². The van der Waals surface area contributed by atoms with Crippen LogP contribution in [0.15, 0.2) is 72.8 Å². The number of rotatable bonds is 11. The monoisotopic (exact) mass is 544 g/mol. The molecule has 0 fully saturated rings. The van der Waals surface area contributed by atoms with Crippen LogP contribution in [0.1, 0.15) is 37.0 Å². The van der Waals surface area contributed by atoms with Crippen LogP contribution < -0.4 is 5.32 Å². The number of benzene rings is 3. The molecule has 0 unspecified atom stereocenters. The highest BCUT2D eigenvalue weighted by Crippen LogP contribution is 2.25. The first-order valence-corrected chi connectivity index (χ1v) is 13.2. The average Bonchev–Trinajstić information content (AvgIpc) is 2.86. The zero-order chi connectivity index (χ0) is 26.1. The molecule has 0 heterocycles. The van der Waals surface area contributed by atoms with E-state index in [1.165, 1.54) is 0 Å². The van der Waals surface area contributed by atoms with E-state index in [2.05, 4.69) is 5.32 Å². The van der Waals surface area contributed by atoms with E-state index in [0.29, 0.717) is 34.5 Å². The molecule has 3 aromatic carbocycles. The Bertz CT molecular complexity index is 1170. The molecule has 0 aliphatic rings. The van der Waals surface area contributed by atoms with Crippen molar-refractivity contribution in [2.75, 3.05) is 6.54 Å². The fraction of sp³-hybridized carbons (Fsp3) is 0.310. The minimum absolute atomic E-state index is 0.137. The Morgan fingerprint density at radius 2 is 1.53 bits per heavy atom. The Balaban J connectivity index is 1.93. The predicted molar refractivity (Wildman–Crippen MR) is 149 cm³/mol. The number of amides is 2. The van der Waals surface area contributed by atoms with Gasteiger partial charge in [0.25, 0.3) is 0 Å². The molecule has 7 heteroatoms. The van der Waals surface area contributed by atoms with Crippen LogP contribution in [0.3, 0.4) is 0 Å². The summed E-state index contributed by atoms with van der Waals surface area (Å²) < 4.78 is 0. The Morgan fingerprint density at radius 3 is 2.19 bits per heavy atom. The van der Waals surface area contributed by atoms with Gasteiger partial charge in [0, 0.05) is 31.0 Å². The molecular formula is C29H31Cl3N2O2. The van der Waals surface area contributed by atoms with E-state index in [0.717, 1.165) is 16.7 Å². The molecule has 1 N–H and O–H groups in total. The Labute approximate surface area is 228 Å². The third-order valence-electron chi connectivity index (χ3n) is 5.86. The van der Waals surface area contributed by atoms with E-state index in [1.54, 1.807) is 17.0 Å². The number of carbonyl (C=O) groups is 2. The maximum atomic E-state index is 13.7. The molecule has 0 aliphatic carbocycles. The molecule has 2 amide bonds. The van der Waals surface area contributed by atoms with Crippen molar-refractivity contribution in [1.29, 1.82) is 0 Å². The molecule has 0 saturated heterocycles. The number of carbonyl (C=O) groups excluding carboxylic acids is 2. The first-order valence-electron chi connectivity index (χ1n) is 12.0. The lowest BCUT2D eigenvalue weighted by Crippen LogP contribution is -2.51. The molecule has 36 heavy (non-hydrogen) atoms. The summed E-state index contributed by atoms with van der Waals surface area (Å²) in [6, 6.07) is 21.8. The van der Waals surface area contributed by atoms with E-state index in [4.69, 9.17) is 34.8 Å². The highest BCUT2D eigenvalue weighted by Gasteiger charge is 2.30. The largest absolute Gasteiger partial charge is 0.354 e. The zero-order valence-corrected chi connectivity index (χ0v) is 22.8. The van der Waals surface area contributed by atoms with Crippen molar-refractivity contribution >= 4 is 46.6 Å². The lowest BCUT2D eigenvalue weighted by Gasteiger charge is -2.32. The zero-order valence-electron chi connectivity index (χ0n) is 20.5. The van der Waals surface area contributed by atoms with Crippen molar-refractivity contribution in [3.05, 3.63) is 105 Å². The van der Waals surface area contributed by atoms with E-state index in [9.17, 15) is 9.59 Å². The summed E-state index contributed by atoms with van der Waals surface area (Å²) in [5.41, 5.74) is 2.66. The molecule has 0 radical (unpaired) electrons. The second kappa shape index (κ2) is 13.7. The van der Waals surface area contributed by atoms with Gasteiger partial charge in [0.05, 0.1) is 10.0 Å². The summed E-state index contributed by atoms with van der Waals surface area (Å²) in [5, 5.41) is 4.49. The van der Waals surface area contributed by atoms with Crippen LogP contribution in [-0.4, -0.2) is 29.3 Å². The van der Waals surface area contributed by atoms with Crippen molar-refractivity contribution < 1.29 is 9.59 Å². The van der Waals surface area contributed by atoms with Crippen LogP contribution in [0.25, 0.3) is 0 Å². The van der Waals surface area contributed by atoms with Gasteiger partial charge in [-0.25, -0.2) is 0 Å². The van der Waals surface area contributed by atoms with Crippen LogP contribution in [0.4, 0.5) is 0 Å². The summed E-state index contributed by atoms with van der Waals surface area (Å²) in [7, 11) is 0. The number of halogens is 3. The first-order chi connectivity index (χ1) is 17.2. The molecule has 0 aromatic heterocycles.